The molecule has 0 radical (unpaired) electrons. The Morgan fingerprint density at radius 1 is 1.04 bits per heavy atom. The Labute approximate surface area is 138 Å². The Hall–Kier alpha value is -2.31. The molecule has 128 valence electrons. The van der Waals surface area contributed by atoms with E-state index in [0.717, 1.165) is 30.7 Å². The Bertz CT molecular complexity index is 767. The van der Waals surface area contributed by atoms with Gasteiger partial charge in [0.05, 0.1) is 11.4 Å². The first-order valence-corrected chi connectivity index (χ1v) is 7.80. The van der Waals surface area contributed by atoms with E-state index in [9.17, 15) is 13.2 Å². The third kappa shape index (κ3) is 3.77. The average Bonchev–Trinajstić information content (AvgIpc) is 3.31. The van der Waals surface area contributed by atoms with Gasteiger partial charge in [0.25, 0.3) is 0 Å². The minimum absolute atomic E-state index is 0.170. The van der Waals surface area contributed by atoms with E-state index in [2.05, 4.69) is 20.6 Å². The number of benzene rings is 1. The molecule has 1 aromatic heterocycles. The van der Waals surface area contributed by atoms with Gasteiger partial charge in [-0.3, -0.25) is 0 Å². The van der Waals surface area contributed by atoms with E-state index < -0.39 is 17.5 Å². The maximum atomic E-state index is 13.9. The molecule has 0 aliphatic heterocycles. The van der Waals surface area contributed by atoms with Crippen molar-refractivity contribution in [1.82, 2.24) is 9.97 Å². The summed E-state index contributed by atoms with van der Waals surface area (Å²) in [4.78, 5) is 8.79. The highest BCUT2D eigenvalue weighted by Gasteiger charge is 2.27. The summed E-state index contributed by atoms with van der Waals surface area (Å²) in [5.41, 5.74) is 0.436. The van der Waals surface area contributed by atoms with Gasteiger partial charge in [-0.2, -0.15) is 4.98 Å². The Morgan fingerprint density at radius 2 is 1.75 bits per heavy atom. The summed E-state index contributed by atoms with van der Waals surface area (Å²) < 4.78 is 40.3. The summed E-state index contributed by atoms with van der Waals surface area (Å²) in [5, 5.41) is 5.89. The van der Waals surface area contributed by atoms with Crippen LogP contribution in [0.25, 0.3) is 0 Å². The highest BCUT2D eigenvalue weighted by atomic mass is 19.2. The quantitative estimate of drug-likeness (QED) is 0.793. The fourth-order valence-corrected chi connectivity index (χ4v) is 2.27. The second kappa shape index (κ2) is 5.96. The molecular formula is C17H19F3N4. The molecule has 3 rings (SSSR count). The molecule has 1 aliphatic rings. The molecule has 0 spiro atoms. The third-order valence-electron chi connectivity index (χ3n) is 3.53. The van der Waals surface area contributed by atoms with Gasteiger partial charge in [0.15, 0.2) is 17.5 Å². The smallest absolute Gasteiger partial charge is 0.225 e. The van der Waals surface area contributed by atoms with Gasteiger partial charge in [0, 0.05) is 17.5 Å². The fourth-order valence-electron chi connectivity index (χ4n) is 2.27. The molecule has 1 heterocycles. The normalized spacial score (nSPS) is 14.6. The minimum Gasteiger partial charge on any atom is -0.350 e. The zero-order valence-electron chi connectivity index (χ0n) is 13.8. The monoisotopic (exact) mass is 336 g/mol. The van der Waals surface area contributed by atoms with Crippen molar-refractivity contribution in [2.75, 3.05) is 10.6 Å². The zero-order valence-corrected chi connectivity index (χ0v) is 13.8. The average molecular weight is 336 g/mol. The summed E-state index contributed by atoms with van der Waals surface area (Å²) in [7, 11) is 0. The lowest BCUT2D eigenvalue weighted by atomic mass is 10.1. The van der Waals surface area contributed by atoms with Gasteiger partial charge in [-0.25, -0.2) is 18.2 Å². The predicted molar refractivity (Wildman–Crippen MR) is 87.0 cm³/mol. The molecule has 2 N–H and O–H groups in total. The Morgan fingerprint density at radius 3 is 2.38 bits per heavy atom. The van der Waals surface area contributed by atoms with Crippen molar-refractivity contribution in [1.29, 1.82) is 0 Å². The first kappa shape index (κ1) is 16.5. The SMILES string of the molecule is CC(C)(C)Nc1nc(Nc2ccc(F)c(F)c2F)cc(C2CC2)n1. The van der Waals surface area contributed by atoms with E-state index in [-0.39, 0.29) is 11.2 Å². The molecule has 0 atom stereocenters. The first-order chi connectivity index (χ1) is 11.2. The Kier molecular flexibility index (Phi) is 4.11. The van der Waals surface area contributed by atoms with Crippen LogP contribution in [0.4, 0.5) is 30.6 Å². The molecule has 0 unspecified atom stereocenters. The van der Waals surface area contributed by atoms with Crippen LogP contribution in [0.1, 0.15) is 45.2 Å². The van der Waals surface area contributed by atoms with Crippen LogP contribution in [0.15, 0.2) is 18.2 Å². The highest BCUT2D eigenvalue weighted by Crippen LogP contribution is 2.40. The number of aromatic nitrogens is 2. The zero-order chi connectivity index (χ0) is 17.5. The van der Waals surface area contributed by atoms with Gasteiger partial charge in [0.2, 0.25) is 5.95 Å². The van der Waals surface area contributed by atoms with Crippen molar-refractivity contribution in [2.45, 2.75) is 45.1 Å². The van der Waals surface area contributed by atoms with E-state index in [0.29, 0.717) is 17.7 Å². The summed E-state index contributed by atoms with van der Waals surface area (Å²) >= 11 is 0. The number of hydrogen-bond donors (Lipinski definition) is 2. The molecule has 1 fully saturated rings. The molecular weight excluding hydrogens is 317 g/mol. The number of rotatable bonds is 4. The lowest BCUT2D eigenvalue weighted by Gasteiger charge is -2.21. The van der Waals surface area contributed by atoms with Crippen LogP contribution in [-0.2, 0) is 0 Å². The summed E-state index contributed by atoms with van der Waals surface area (Å²) in [6, 6.07) is 3.73. The first-order valence-electron chi connectivity index (χ1n) is 7.80. The molecule has 0 amide bonds. The van der Waals surface area contributed by atoms with E-state index in [1.807, 2.05) is 20.8 Å². The molecule has 0 saturated heterocycles. The van der Waals surface area contributed by atoms with Gasteiger partial charge in [-0.1, -0.05) is 0 Å². The molecule has 1 aliphatic carbocycles. The van der Waals surface area contributed by atoms with Crippen molar-refractivity contribution in [3.8, 4) is 0 Å². The maximum Gasteiger partial charge on any atom is 0.225 e. The van der Waals surface area contributed by atoms with Gasteiger partial charge >= 0.3 is 0 Å². The minimum atomic E-state index is -1.51. The van der Waals surface area contributed by atoms with Crippen molar-refractivity contribution in [3.63, 3.8) is 0 Å². The summed E-state index contributed by atoms with van der Waals surface area (Å²) in [6.45, 7) is 5.92. The van der Waals surface area contributed by atoms with Crippen molar-refractivity contribution in [3.05, 3.63) is 41.3 Å². The van der Waals surface area contributed by atoms with Gasteiger partial charge in [0.1, 0.15) is 5.82 Å². The summed E-state index contributed by atoms with van der Waals surface area (Å²) in [6.07, 6.45) is 2.09. The molecule has 1 aromatic carbocycles. The van der Waals surface area contributed by atoms with E-state index in [1.165, 1.54) is 0 Å². The molecule has 0 bridgehead atoms. The third-order valence-corrected chi connectivity index (χ3v) is 3.53. The van der Waals surface area contributed by atoms with Crippen LogP contribution in [0.3, 0.4) is 0 Å². The van der Waals surface area contributed by atoms with Crippen LogP contribution >= 0.6 is 0 Å². The second-order valence-electron chi connectivity index (χ2n) is 7.00. The van der Waals surface area contributed by atoms with Crippen LogP contribution < -0.4 is 10.6 Å². The van der Waals surface area contributed by atoms with E-state index >= 15 is 0 Å². The van der Waals surface area contributed by atoms with Crippen molar-refractivity contribution in [2.24, 2.45) is 0 Å². The standard InChI is InChI=1S/C17H19F3N4/c1-17(2,3)24-16-22-12(9-4-5-9)8-13(23-16)21-11-7-6-10(18)14(19)15(11)20/h6-9H,4-5H2,1-3H3,(H2,21,22,23,24). The van der Waals surface area contributed by atoms with Gasteiger partial charge < -0.3 is 10.6 Å². The fraction of sp³-hybridized carbons (Fsp3) is 0.412. The lowest BCUT2D eigenvalue weighted by molar-refractivity contribution is 0.449. The Balaban J connectivity index is 1.93. The number of anilines is 3. The lowest BCUT2D eigenvalue weighted by Crippen LogP contribution is -2.27. The number of halogens is 3. The van der Waals surface area contributed by atoms with Crippen LogP contribution in [-0.4, -0.2) is 15.5 Å². The van der Waals surface area contributed by atoms with Crippen molar-refractivity contribution < 1.29 is 13.2 Å². The van der Waals surface area contributed by atoms with Gasteiger partial charge in [-0.15, -0.1) is 0 Å². The highest BCUT2D eigenvalue weighted by molar-refractivity contribution is 5.59. The van der Waals surface area contributed by atoms with Crippen LogP contribution in [0.2, 0.25) is 0 Å². The number of hydrogen-bond acceptors (Lipinski definition) is 4. The molecule has 7 heteroatoms. The number of nitrogens with zero attached hydrogens (tertiary/aromatic N) is 2. The molecule has 4 nitrogen and oxygen atoms in total. The number of nitrogens with one attached hydrogen (secondary N) is 2. The molecule has 1 saturated carbocycles. The topological polar surface area (TPSA) is 49.8 Å². The van der Waals surface area contributed by atoms with Crippen molar-refractivity contribution >= 4 is 17.5 Å². The summed E-state index contributed by atoms with van der Waals surface area (Å²) in [5.74, 6) is -2.89. The van der Waals surface area contributed by atoms with E-state index in [4.69, 9.17) is 0 Å². The maximum absolute atomic E-state index is 13.9. The van der Waals surface area contributed by atoms with Crippen LogP contribution in [0, 0.1) is 17.5 Å². The van der Waals surface area contributed by atoms with E-state index in [1.54, 1.807) is 6.07 Å². The molecule has 2 aromatic rings. The van der Waals surface area contributed by atoms with Gasteiger partial charge in [-0.05, 0) is 45.7 Å². The predicted octanol–water partition coefficient (Wildman–Crippen LogP) is 4.73. The second-order valence-corrected chi connectivity index (χ2v) is 7.00. The largest absolute Gasteiger partial charge is 0.350 e. The molecule has 24 heavy (non-hydrogen) atoms. The van der Waals surface area contributed by atoms with Crippen LogP contribution in [0.5, 0.6) is 0 Å².